The van der Waals surface area contributed by atoms with Crippen molar-refractivity contribution < 1.29 is 9.90 Å². The van der Waals surface area contributed by atoms with Crippen LogP contribution < -0.4 is 11.1 Å². The Balaban J connectivity index is 0.00000243. The summed E-state index contributed by atoms with van der Waals surface area (Å²) < 4.78 is 0. The van der Waals surface area contributed by atoms with Crippen molar-refractivity contribution in [3.63, 3.8) is 0 Å². The summed E-state index contributed by atoms with van der Waals surface area (Å²) in [5.74, 6) is -0.225. The average molecular weight is 374 g/mol. The van der Waals surface area contributed by atoms with E-state index in [0.717, 1.165) is 22.0 Å². The molecule has 0 saturated heterocycles. The third kappa shape index (κ3) is 4.43. The Bertz CT molecular complexity index is 835. The summed E-state index contributed by atoms with van der Waals surface area (Å²) in [5.41, 5.74) is 9.12. The molecule has 0 bridgehead atoms. The number of aliphatic hydroxyl groups is 1. The van der Waals surface area contributed by atoms with Crippen LogP contribution in [0.25, 0.3) is 10.9 Å². The minimum atomic E-state index is -0.690. The van der Waals surface area contributed by atoms with Crippen molar-refractivity contribution in [1.82, 2.24) is 10.3 Å². The van der Waals surface area contributed by atoms with E-state index in [1.807, 2.05) is 42.6 Å². The van der Waals surface area contributed by atoms with E-state index in [4.69, 9.17) is 10.8 Å². The van der Waals surface area contributed by atoms with Crippen molar-refractivity contribution in [2.45, 2.75) is 18.4 Å². The molecule has 5 N–H and O–H groups in total. The highest BCUT2D eigenvalue weighted by molar-refractivity contribution is 5.85. The molecule has 0 radical (unpaired) electrons. The highest BCUT2D eigenvalue weighted by atomic mass is 35.5. The van der Waals surface area contributed by atoms with Crippen LogP contribution in [0.2, 0.25) is 0 Å². The fraction of sp³-hybridized carbons (Fsp3) is 0.250. The Kier molecular flexibility index (Phi) is 7.21. The molecular weight excluding hydrogens is 350 g/mol. The van der Waals surface area contributed by atoms with Crippen LogP contribution in [-0.4, -0.2) is 35.2 Å². The first-order chi connectivity index (χ1) is 12.2. The van der Waals surface area contributed by atoms with Crippen LogP contribution in [0.1, 0.15) is 23.5 Å². The Morgan fingerprint density at radius 3 is 2.54 bits per heavy atom. The lowest BCUT2D eigenvalue weighted by molar-refractivity contribution is -0.122. The van der Waals surface area contributed by atoms with Gasteiger partial charge in [0.15, 0.2) is 0 Å². The molecule has 1 unspecified atom stereocenters. The predicted molar refractivity (Wildman–Crippen MR) is 107 cm³/mol. The first kappa shape index (κ1) is 20.0. The normalized spacial score (nSPS) is 13.0. The van der Waals surface area contributed by atoms with E-state index in [0.29, 0.717) is 6.54 Å². The second-order valence-electron chi connectivity index (χ2n) is 6.12. The largest absolute Gasteiger partial charge is 0.396 e. The van der Waals surface area contributed by atoms with Crippen molar-refractivity contribution in [2.24, 2.45) is 5.73 Å². The van der Waals surface area contributed by atoms with E-state index in [9.17, 15) is 4.79 Å². The molecule has 26 heavy (non-hydrogen) atoms. The number of carbonyl (C=O) groups excluding carboxylic acids is 1. The summed E-state index contributed by atoms with van der Waals surface area (Å²) in [5, 5.41) is 13.0. The third-order valence-corrected chi connectivity index (χ3v) is 4.46. The van der Waals surface area contributed by atoms with Gasteiger partial charge in [-0.15, -0.1) is 12.4 Å². The second-order valence-corrected chi connectivity index (χ2v) is 6.12. The van der Waals surface area contributed by atoms with Gasteiger partial charge in [0.25, 0.3) is 0 Å². The number of benzene rings is 2. The van der Waals surface area contributed by atoms with Gasteiger partial charge in [0, 0.05) is 36.2 Å². The van der Waals surface area contributed by atoms with E-state index in [1.165, 1.54) is 0 Å². The highest BCUT2D eigenvalue weighted by Gasteiger charge is 2.20. The lowest BCUT2D eigenvalue weighted by Crippen LogP contribution is -2.42. The van der Waals surface area contributed by atoms with Gasteiger partial charge in [-0.05, 0) is 23.6 Å². The van der Waals surface area contributed by atoms with Crippen LogP contribution in [0.4, 0.5) is 0 Å². The van der Waals surface area contributed by atoms with Gasteiger partial charge >= 0.3 is 0 Å². The maximum Gasteiger partial charge on any atom is 0.237 e. The zero-order chi connectivity index (χ0) is 17.6. The molecule has 6 heteroatoms. The summed E-state index contributed by atoms with van der Waals surface area (Å²) in [4.78, 5) is 15.4. The number of para-hydroxylation sites is 1. The van der Waals surface area contributed by atoms with Gasteiger partial charge in [0.2, 0.25) is 5.91 Å². The number of hydrogen-bond donors (Lipinski definition) is 4. The number of nitrogens with two attached hydrogens (primary N) is 1. The number of halogens is 1. The number of fused-ring (bicyclic) bond motifs is 1. The molecule has 3 rings (SSSR count). The van der Waals surface area contributed by atoms with E-state index in [1.54, 1.807) is 0 Å². The number of amides is 1. The van der Waals surface area contributed by atoms with Crippen LogP contribution in [-0.2, 0) is 4.79 Å². The van der Waals surface area contributed by atoms with Crippen molar-refractivity contribution >= 4 is 29.2 Å². The van der Waals surface area contributed by atoms with Gasteiger partial charge in [-0.2, -0.15) is 0 Å². The van der Waals surface area contributed by atoms with Crippen molar-refractivity contribution in [3.05, 3.63) is 71.9 Å². The molecule has 2 aromatic carbocycles. The summed E-state index contributed by atoms with van der Waals surface area (Å²) in [6.45, 7) is 0.350. The quantitative estimate of drug-likeness (QED) is 0.513. The number of nitrogens with one attached hydrogen (secondary N) is 2. The molecule has 3 aromatic rings. The Morgan fingerprint density at radius 2 is 1.81 bits per heavy atom. The molecule has 5 nitrogen and oxygen atoms in total. The molecule has 1 aromatic heterocycles. The lowest BCUT2D eigenvalue weighted by atomic mass is 9.91. The van der Waals surface area contributed by atoms with Gasteiger partial charge in [-0.1, -0.05) is 48.5 Å². The van der Waals surface area contributed by atoms with E-state index in [-0.39, 0.29) is 37.3 Å². The number of carbonyl (C=O) groups is 1. The molecule has 0 aliphatic heterocycles. The third-order valence-electron chi connectivity index (χ3n) is 4.46. The number of H-pyrrole nitrogens is 1. The fourth-order valence-electron chi connectivity index (χ4n) is 3.08. The summed E-state index contributed by atoms with van der Waals surface area (Å²) in [7, 11) is 0. The summed E-state index contributed by atoms with van der Waals surface area (Å²) >= 11 is 0. The Labute approximate surface area is 159 Å². The molecule has 1 amide bonds. The van der Waals surface area contributed by atoms with Crippen LogP contribution >= 0.6 is 12.4 Å². The molecule has 138 valence electrons. The van der Waals surface area contributed by atoms with Gasteiger partial charge in [0.05, 0.1) is 6.04 Å². The van der Waals surface area contributed by atoms with Crippen LogP contribution in [0, 0.1) is 0 Å². The van der Waals surface area contributed by atoms with Gasteiger partial charge in [-0.3, -0.25) is 4.79 Å². The monoisotopic (exact) mass is 373 g/mol. The van der Waals surface area contributed by atoms with Crippen molar-refractivity contribution in [1.29, 1.82) is 0 Å². The number of aliphatic hydroxyl groups excluding tert-OH is 1. The van der Waals surface area contributed by atoms with Crippen molar-refractivity contribution in [3.8, 4) is 0 Å². The molecule has 0 spiro atoms. The van der Waals surface area contributed by atoms with Crippen LogP contribution in [0.15, 0.2) is 60.8 Å². The average Bonchev–Trinajstić information content (AvgIpc) is 3.07. The molecule has 0 aliphatic rings. The Hall–Kier alpha value is -2.34. The molecule has 0 fully saturated rings. The standard InChI is InChI=1S/C20H23N3O2.ClH/c21-18(10-11-24)20(25)23-12-16(14-6-2-1-3-7-14)17-13-22-19-9-5-4-8-15(17)19;/h1-9,13,16,18,22,24H,10-12,21H2,(H,23,25);1H/t16?,18-;/m0./s1. The first-order valence-corrected chi connectivity index (χ1v) is 8.46. The van der Waals surface area contributed by atoms with Gasteiger partial charge < -0.3 is 21.1 Å². The fourth-order valence-corrected chi connectivity index (χ4v) is 3.08. The zero-order valence-corrected chi connectivity index (χ0v) is 15.2. The molecular formula is C20H24ClN3O2. The maximum absolute atomic E-state index is 12.1. The second kappa shape index (κ2) is 9.38. The molecule has 1 heterocycles. The first-order valence-electron chi connectivity index (χ1n) is 8.46. The number of aromatic amines is 1. The highest BCUT2D eigenvalue weighted by Crippen LogP contribution is 2.30. The molecule has 0 aliphatic carbocycles. The lowest BCUT2D eigenvalue weighted by Gasteiger charge is -2.19. The Morgan fingerprint density at radius 1 is 1.12 bits per heavy atom. The van der Waals surface area contributed by atoms with Crippen LogP contribution in [0.3, 0.4) is 0 Å². The molecule has 0 saturated carbocycles. The van der Waals surface area contributed by atoms with E-state index < -0.39 is 6.04 Å². The van der Waals surface area contributed by atoms with E-state index in [2.05, 4.69) is 28.5 Å². The van der Waals surface area contributed by atoms with E-state index >= 15 is 0 Å². The maximum atomic E-state index is 12.1. The summed E-state index contributed by atoms with van der Waals surface area (Å²) in [6, 6.07) is 17.5. The molecule has 2 atom stereocenters. The van der Waals surface area contributed by atoms with Gasteiger partial charge in [0.1, 0.15) is 0 Å². The minimum absolute atomic E-state index is 0. The minimum Gasteiger partial charge on any atom is -0.396 e. The topological polar surface area (TPSA) is 91.1 Å². The zero-order valence-electron chi connectivity index (χ0n) is 14.4. The predicted octanol–water partition coefficient (Wildman–Crippen LogP) is 2.55. The number of aromatic nitrogens is 1. The number of rotatable bonds is 7. The van der Waals surface area contributed by atoms with Crippen LogP contribution in [0.5, 0.6) is 0 Å². The number of hydrogen-bond acceptors (Lipinski definition) is 3. The smallest absolute Gasteiger partial charge is 0.237 e. The SMILES string of the molecule is Cl.N[C@@H](CCO)C(=O)NCC(c1ccccc1)c1c[nH]c2ccccc12. The van der Waals surface area contributed by atoms with Gasteiger partial charge in [-0.25, -0.2) is 0 Å². The summed E-state index contributed by atoms with van der Waals surface area (Å²) in [6.07, 6.45) is 2.26. The van der Waals surface area contributed by atoms with Crippen molar-refractivity contribution in [2.75, 3.05) is 13.2 Å².